The molecular weight excluding hydrogens is 282 g/mol. The van der Waals surface area contributed by atoms with Crippen LogP contribution >= 0.6 is 0 Å². The normalized spacial score (nSPS) is 12.2. The molecule has 2 heteroatoms. The molecule has 1 aromatic carbocycles. The molecule has 2 nitrogen and oxygen atoms in total. The molecule has 1 unspecified atom stereocenters. The highest BCUT2D eigenvalue weighted by Crippen LogP contribution is 2.24. The van der Waals surface area contributed by atoms with E-state index >= 15 is 0 Å². The van der Waals surface area contributed by atoms with Gasteiger partial charge in [0.15, 0.2) is 0 Å². The largest absolute Gasteiger partial charge is 0.412 e. The van der Waals surface area contributed by atoms with Gasteiger partial charge >= 0.3 is 0 Å². The van der Waals surface area contributed by atoms with E-state index < -0.39 is 0 Å². The van der Waals surface area contributed by atoms with Gasteiger partial charge in [0.05, 0.1) is 0 Å². The Labute approximate surface area is 144 Å². The predicted octanol–water partition coefficient (Wildman–Crippen LogP) is 5.78. The lowest BCUT2D eigenvalue weighted by molar-refractivity contribution is 0.276. The molecule has 0 aromatic heterocycles. The average molecular weight is 322 g/mol. The topological polar surface area (TPSA) is 34.7 Å². The molecule has 0 spiro atoms. The number of nitrogens with zero attached hydrogens (tertiary/aromatic N) is 1. The van der Waals surface area contributed by atoms with Gasteiger partial charge in [-0.3, -0.25) is 0 Å². The SMILES string of the molecule is CCCCCCCCCCCCC(c1ccccc1)N(C)C.O. The Kier molecular flexibility index (Phi) is 14.2. The lowest BCUT2D eigenvalue weighted by atomic mass is 9.98. The van der Waals surface area contributed by atoms with Crippen LogP contribution in [0.3, 0.4) is 0 Å². The Morgan fingerprint density at radius 1 is 0.739 bits per heavy atom. The standard InChI is InChI=1S/C21H37N.H2O/c1-4-5-6-7-8-9-10-11-12-16-19-21(22(2)3)20-17-14-13-15-18-20;/h13-15,17-18,21H,4-12,16,19H2,1-3H3;1H2. The molecule has 2 N–H and O–H groups in total. The molecule has 0 saturated heterocycles. The van der Waals surface area contributed by atoms with E-state index in [1.165, 1.54) is 76.2 Å². The smallest absolute Gasteiger partial charge is 0.0342 e. The highest BCUT2D eigenvalue weighted by atomic mass is 16.0. The van der Waals surface area contributed by atoms with Gasteiger partial charge in [-0.25, -0.2) is 0 Å². The van der Waals surface area contributed by atoms with Gasteiger partial charge < -0.3 is 10.4 Å². The van der Waals surface area contributed by atoms with E-state index in [0.29, 0.717) is 6.04 Å². The zero-order valence-corrected chi connectivity index (χ0v) is 15.7. The van der Waals surface area contributed by atoms with Gasteiger partial charge in [0.2, 0.25) is 0 Å². The summed E-state index contributed by atoms with van der Waals surface area (Å²) in [6.45, 7) is 2.29. The zero-order chi connectivity index (χ0) is 16.0. The molecular formula is C21H39NO. The van der Waals surface area contributed by atoms with Crippen LogP contribution in [0.15, 0.2) is 30.3 Å². The molecule has 1 atom stereocenters. The van der Waals surface area contributed by atoms with E-state index in [2.05, 4.69) is 56.3 Å². The fraction of sp³-hybridized carbons (Fsp3) is 0.714. The number of unbranched alkanes of at least 4 members (excludes halogenated alkanes) is 9. The summed E-state index contributed by atoms with van der Waals surface area (Å²) in [5.41, 5.74) is 1.46. The van der Waals surface area contributed by atoms with E-state index in [4.69, 9.17) is 0 Å². The average Bonchev–Trinajstić information content (AvgIpc) is 2.53. The highest BCUT2D eigenvalue weighted by Gasteiger charge is 2.12. The highest BCUT2D eigenvalue weighted by molar-refractivity contribution is 5.18. The van der Waals surface area contributed by atoms with Crippen LogP contribution < -0.4 is 0 Å². The zero-order valence-electron chi connectivity index (χ0n) is 15.7. The van der Waals surface area contributed by atoms with Gasteiger partial charge in [-0.05, 0) is 26.1 Å². The molecule has 0 aliphatic rings. The van der Waals surface area contributed by atoms with Gasteiger partial charge in [-0.1, -0.05) is 101 Å². The number of benzene rings is 1. The second-order valence-electron chi connectivity index (χ2n) is 6.86. The molecule has 1 aromatic rings. The first-order chi connectivity index (χ1) is 10.8. The van der Waals surface area contributed by atoms with Crippen LogP contribution in [0.1, 0.15) is 89.2 Å². The Hall–Kier alpha value is -0.860. The van der Waals surface area contributed by atoms with Crippen LogP contribution in [0.25, 0.3) is 0 Å². The molecule has 0 radical (unpaired) electrons. The maximum Gasteiger partial charge on any atom is 0.0342 e. The molecule has 0 amide bonds. The van der Waals surface area contributed by atoms with Crippen molar-refractivity contribution in [3.63, 3.8) is 0 Å². The van der Waals surface area contributed by atoms with Crippen LogP contribution in [-0.4, -0.2) is 24.5 Å². The van der Waals surface area contributed by atoms with Gasteiger partial charge in [0.1, 0.15) is 0 Å². The number of hydrogen-bond donors (Lipinski definition) is 0. The van der Waals surface area contributed by atoms with E-state index in [1.54, 1.807) is 0 Å². The minimum absolute atomic E-state index is 0. The summed E-state index contributed by atoms with van der Waals surface area (Å²) in [6.07, 6.45) is 15.5. The molecule has 1 rings (SSSR count). The van der Waals surface area contributed by atoms with Gasteiger partial charge in [-0.2, -0.15) is 0 Å². The van der Waals surface area contributed by atoms with Crippen molar-refractivity contribution < 1.29 is 5.48 Å². The fourth-order valence-corrected chi connectivity index (χ4v) is 3.22. The Balaban J connectivity index is 0.00000484. The van der Waals surface area contributed by atoms with Crippen LogP contribution in [0.5, 0.6) is 0 Å². The summed E-state index contributed by atoms with van der Waals surface area (Å²) >= 11 is 0. The maximum atomic E-state index is 2.36. The van der Waals surface area contributed by atoms with Crippen molar-refractivity contribution in [2.45, 2.75) is 83.6 Å². The van der Waals surface area contributed by atoms with Crippen LogP contribution in [0, 0.1) is 0 Å². The first-order valence-corrected chi connectivity index (χ1v) is 9.47. The Bertz CT molecular complexity index is 350. The fourth-order valence-electron chi connectivity index (χ4n) is 3.22. The molecule has 0 aliphatic heterocycles. The van der Waals surface area contributed by atoms with Gasteiger partial charge in [0, 0.05) is 6.04 Å². The lowest BCUT2D eigenvalue weighted by Crippen LogP contribution is -2.19. The van der Waals surface area contributed by atoms with Gasteiger partial charge in [0.25, 0.3) is 0 Å². The second kappa shape index (κ2) is 14.7. The molecule has 0 bridgehead atoms. The molecule has 134 valence electrons. The van der Waals surface area contributed by atoms with E-state index in [1.807, 2.05) is 0 Å². The van der Waals surface area contributed by atoms with Crippen molar-refractivity contribution in [3.8, 4) is 0 Å². The summed E-state index contributed by atoms with van der Waals surface area (Å²) in [5, 5.41) is 0. The van der Waals surface area contributed by atoms with Crippen molar-refractivity contribution in [1.29, 1.82) is 0 Å². The Morgan fingerprint density at radius 2 is 1.22 bits per heavy atom. The summed E-state index contributed by atoms with van der Waals surface area (Å²) in [6, 6.07) is 11.5. The van der Waals surface area contributed by atoms with E-state index in [-0.39, 0.29) is 5.48 Å². The van der Waals surface area contributed by atoms with Crippen molar-refractivity contribution in [2.75, 3.05) is 14.1 Å². The summed E-state index contributed by atoms with van der Waals surface area (Å²) < 4.78 is 0. The van der Waals surface area contributed by atoms with Crippen molar-refractivity contribution in [3.05, 3.63) is 35.9 Å². The van der Waals surface area contributed by atoms with E-state index in [9.17, 15) is 0 Å². The van der Waals surface area contributed by atoms with Crippen molar-refractivity contribution in [2.24, 2.45) is 0 Å². The third kappa shape index (κ3) is 10.5. The first-order valence-electron chi connectivity index (χ1n) is 9.47. The van der Waals surface area contributed by atoms with Crippen molar-refractivity contribution in [1.82, 2.24) is 4.90 Å². The number of hydrogen-bond acceptors (Lipinski definition) is 1. The minimum Gasteiger partial charge on any atom is -0.412 e. The Morgan fingerprint density at radius 3 is 1.70 bits per heavy atom. The lowest BCUT2D eigenvalue weighted by Gasteiger charge is -2.24. The monoisotopic (exact) mass is 321 g/mol. The minimum atomic E-state index is 0. The van der Waals surface area contributed by atoms with Crippen LogP contribution in [0.4, 0.5) is 0 Å². The summed E-state index contributed by atoms with van der Waals surface area (Å²) in [5.74, 6) is 0. The maximum absolute atomic E-state index is 2.36. The number of rotatable bonds is 13. The van der Waals surface area contributed by atoms with Crippen molar-refractivity contribution >= 4 is 0 Å². The molecule has 0 saturated carbocycles. The molecule has 0 heterocycles. The summed E-state index contributed by atoms with van der Waals surface area (Å²) in [7, 11) is 4.40. The van der Waals surface area contributed by atoms with Gasteiger partial charge in [-0.15, -0.1) is 0 Å². The quantitative estimate of drug-likeness (QED) is 0.424. The van der Waals surface area contributed by atoms with Crippen LogP contribution in [0.2, 0.25) is 0 Å². The molecule has 0 aliphatic carbocycles. The van der Waals surface area contributed by atoms with Crippen LogP contribution in [-0.2, 0) is 0 Å². The molecule has 0 fully saturated rings. The van der Waals surface area contributed by atoms with E-state index in [0.717, 1.165) is 0 Å². The molecule has 23 heavy (non-hydrogen) atoms. The summed E-state index contributed by atoms with van der Waals surface area (Å²) in [4.78, 5) is 2.36. The predicted molar refractivity (Wildman–Crippen MR) is 103 cm³/mol. The first kappa shape index (κ1) is 22.1. The third-order valence-electron chi connectivity index (χ3n) is 4.64. The second-order valence-corrected chi connectivity index (χ2v) is 6.86. The third-order valence-corrected chi connectivity index (χ3v) is 4.64.